The number of unbranched alkanes of at least 4 members (excludes halogenated alkanes) is 1. The van der Waals surface area contributed by atoms with Crippen LogP contribution in [0.2, 0.25) is 0 Å². The molecule has 2 heterocycles. The molecule has 1 fully saturated rings. The Labute approximate surface area is 131 Å². The third-order valence-electron chi connectivity index (χ3n) is 3.83. The molecule has 0 radical (unpaired) electrons. The smallest absolute Gasteiger partial charge is 0.289 e. The van der Waals surface area contributed by atoms with Crippen molar-refractivity contribution < 1.29 is 14.0 Å². The molecule has 122 valence electrons. The van der Waals surface area contributed by atoms with Crippen molar-refractivity contribution in [2.45, 2.75) is 26.7 Å². The Bertz CT molecular complexity index is 504. The zero-order valence-corrected chi connectivity index (χ0v) is 13.4. The van der Waals surface area contributed by atoms with Crippen molar-refractivity contribution in [2.75, 3.05) is 39.3 Å². The molecule has 0 atom stereocenters. The summed E-state index contributed by atoms with van der Waals surface area (Å²) in [4.78, 5) is 27.9. The van der Waals surface area contributed by atoms with E-state index < -0.39 is 0 Å². The number of nitrogens with one attached hydrogen (secondary N) is 1. The molecular formula is C16H25N3O3. The molecule has 0 spiro atoms. The Morgan fingerprint density at radius 2 is 1.95 bits per heavy atom. The molecule has 1 aromatic rings. The van der Waals surface area contributed by atoms with Gasteiger partial charge in [0.25, 0.3) is 5.91 Å². The summed E-state index contributed by atoms with van der Waals surface area (Å²) in [6.07, 6.45) is 2.09. The van der Waals surface area contributed by atoms with Gasteiger partial charge in [-0.15, -0.1) is 0 Å². The number of amides is 2. The standard InChI is InChI=1S/C16H25N3O3/c1-3-4-7-17-15(20)12-18-8-10-19(11-9-18)16(21)14-6-5-13(2)22-14/h5-6H,3-4,7-12H2,1-2H3,(H,17,20). The van der Waals surface area contributed by atoms with Crippen LogP contribution in [0.15, 0.2) is 16.5 Å². The Hall–Kier alpha value is -1.82. The molecule has 1 N–H and O–H groups in total. The van der Waals surface area contributed by atoms with Crippen LogP contribution in [0.25, 0.3) is 0 Å². The zero-order chi connectivity index (χ0) is 15.9. The van der Waals surface area contributed by atoms with Gasteiger partial charge in [0.2, 0.25) is 5.91 Å². The number of carbonyl (C=O) groups excluding carboxylic acids is 2. The number of aryl methyl sites for hydroxylation is 1. The first-order valence-corrected chi connectivity index (χ1v) is 7.95. The first-order chi connectivity index (χ1) is 10.6. The van der Waals surface area contributed by atoms with Crippen LogP contribution in [0.4, 0.5) is 0 Å². The van der Waals surface area contributed by atoms with E-state index in [1.54, 1.807) is 17.0 Å². The minimum Gasteiger partial charge on any atom is -0.456 e. The van der Waals surface area contributed by atoms with Gasteiger partial charge in [-0.25, -0.2) is 0 Å². The number of hydrogen-bond acceptors (Lipinski definition) is 4. The quantitative estimate of drug-likeness (QED) is 0.804. The van der Waals surface area contributed by atoms with E-state index >= 15 is 0 Å². The van der Waals surface area contributed by atoms with Crippen LogP contribution in [0.1, 0.15) is 36.1 Å². The second kappa shape index (κ2) is 7.98. The molecule has 0 aromatic carbocycles. The highest BCUT2D eigenvalue weighted by Crippen LogP contribution is 2.11. The molecule has 0 aliphatic carbocycles. The summed E-state index contributed by atoms with van der Waals surface area (Å²) in [5.74, 6) is 1.13. The van der Waals surface area contributed by atoms with E-state index in [-0.39, 0.29) is 11.8 Å². The van der Waals surface area contributed by atoms with Crippen LogP contribution >= 0.6 is 0 Å². The maximum atomic E-state index is 12.3. The highest BCUT2D eigenvalue weighted by atomic mass is 16.3. The second-order valence-corrected chi connectivity index (χ2v) is 5.68. The highest BCUT2D eigenvalue weighted by Gasteiger charge is 2.24. The Balaban J connectivity index is 1.73. The van der Waals surface area contributed by atoms with E-state index in [0.717, 1.165) is 25.1 Å². The summed E-state index contributed by atoms with van der Waals surface area (Å²) in [6.45, 7) is 7.76. The SMILES string of the molecule is CCCCNC(=O)CN1CCN(C(=O)c2ccc(C)o2)CC1. The molecule has 2 rings (SSSR count). The van der Waals surface area contributed by atoms with Gasteiger partial charge in [0.05, 0.1) is 6.54 Å². The minimum atomic E-state index is -0.0693. The monoisotopic (exact) mass is 307 g/mol. The predicted octanol–water partition coefficient (Wildman–Crippen LogP) is 1.26. The first kappa shape index (κ1) is 16.5. The van der Waals surface area contributed by atoms with Crippen molar-refractivity contribution in [1.82, 2.24) is 15.1 Å². The second-order valence-electron chi connectivity index (χ2n) is 5.68. The van der Waals surface area contributed by atoms with Gasteiger partial charge in [-0.2, -0.15) is 0 Å². The van der Waals surface area contributed by atoms with Gasteiger partial charge in [0, 0.05) is 32.7 Å². The fourth-order valence-electron chi connectivity index (χ4n) is 2.48. The van der Waals surface area contributed by atoms with E-state index in [1.807, 2.05) is 6.92 Å². The molecule has 0 bridgehead atoms. The number of carbonyl (C=O) groups is 2. The van der Waals surface area contributed by atoms with Crippen LogP contribution in [0.3, 0.4) is 0 Å². The van der Waals surface area contributed by atoms with Crippen LogP contribution in [0, 0.1) is 6.92 Å². The number of rotatable bonds is 6. The molecule has 0 unspecified atom stereocenters. The highest BCUT2D eigenvalue weighted by molar-refractivity contribution is 5.91. The molecule has 22 heavy (non-hydrogen) atoms. The molecule has 1 aromatic heterocycles. The average molecular weight is 307 g/mol. The van der Waals surface area contributed by atoms with Crippen LogP contribution in [0.5, 0.6) is 0 Å². The lowest BCUT2D eigenvalue weighted by Gasteiger charge is -2.33. The molecule has 1 aliphatic heterocycles. The predicted molar refractivity (Wildman–Crippen MR) is 83.7 cm³/mol. The van der Waals surface area contributed by atoms with Gasteiger partial charge in [0.1, 0.15) is 5.76 Å². The Morgan fingerprint density at radius 3 is 2.55 bits per heavy atom. The number of hydrogen-bond donors (Lipinski definition) is 1. The molecule has 6 nitrogen and oxygen atoms in total. The lowest BCUT2D eigenvalue weighted by atomic mass is 10.2. The van der Waals surface area contributed by atoms with Gasteiger partial charge < -0.3 is 14.6 Å². The van der Waals surface area contributed by atoms with Gasteiger partial charge in [0.15, 0.2) is 5.76 Å². The third kappa shape index (κ3) is 4.59. The fourth-order valence-corrected chi connectivity index (χ4v) is 2.48. The zero-order valence-electron chi connectivity index (χ0n) is 13.4. The molecule has 0 saturated carbocycles. The van der Waals surface area contributed by atoms with E-state index in [2.05, 4.69) is 17.1 Å². The third-order valence-corrected chi connectivity index (χ3v) is 3.83. The summed E-state index contributed by atoms with van der Waals surface area (Å²) in [6, 6.07) is 3.51. The van der Waals surface area contributed by atoms with Crippen molar-refractivity contribution in [3.05, 3.63) is 23.7 Å². The molecule has 2 amide bonds. The minimum absolute atomic E-state index is 0.0647. The largest absolute Gasteiger partial charge is 0.456 e. The Kier molecular flexibility index (Phi) is 6.00. The first-order valence-electron chi connectivity index (χ1n) is 7.95. The van der Waals surface area contributed by atoms with Crippen molar-refractivity contribution in [1.29, 1.82) is 0 Å². The normalized spacial score (nSPS) is 15.8. The van der Waals surface area contributed by atoms with Crippen LogP contribution in [-0.2, 0) is 4.79 Å². The molecule has 1 saturated heterocycles. The average Bonchev–Trinajstić information content (AvgIpc) is 2.94. The van der Waals surface area contributed by atoms with E-state index in [4.69, 9.17) is 4.42 Å². The summed E-state index contributed by atoms with van der Waals surface area (Å²) in [5.41, 5.74) is 0. The van der Waals surface area contributed by atoms with Crippen molar-refractivity contribution in [3.63, 3.8) is 0 Å². The van der Waals surface area contributed by atoms with Crippen LogP contribution < -0.4 is 5.32 Å². The Morgan fingerprint density at radius 1 is 1.23 bits per heavy atom. The van der Waals surface area contributed by atoms with Gasteiger partial charge in [-0.05, 0) is 25.5 Å². The summed E-state index contributed by atoms with van der Waals surface area (Å²) < 4.78 is 5.38. The number of furan rings is 1. The fraction of sp³-hybridized carbons (Fsp3) is 0.625. The number of piperazine rings is 1. The maximum Gasteiger partial charge on any atom is 0.289 e. The van der Waals surface area contributed by atoms with E-state index in [1.165, 1.54) is 0 Å². The number of nitrogens with zero attached hydrogens (tertiary/aromatic N) is 2. The van der Waals surface area contributed by atoms with Gasteiger partial charge in [-0.3, -0.25) is 14.5 Å². The maximum absolute atomic E-state index is 12.3. The van der Waals surface area contributed by atoms with Gasteiger partial charge >= 0.3 is 0 Å². The van der Waals surface area contributed by atoms with Gasteiger partial charge in [-0.1, -0.05) is 13.3 Å². The van der Waals surface area contributed by atoms with Crippen molar-refractivity contribution in [2.24, 2.45) is 0 Å². The topological polar surface area (TPSA) is 65.8 Å². The van der Waals surface area contributed by atoms with Crippen molar-refractivity contribution >= 4 is 11.8 Å². The lowest BCUT2D eigenvalue weighted by molar-refractivity contribution is -0.122. The van der Waals surface area contributed by atoms with Crippen LogP contribution in [-0.4, -0.2) is 60.9 Å². The molecular weight excluding hydrogens is 282 g/mol. The molecule has 6 heteroatoms. The summed E-state index contributed by atoms with van der Waals surface area (Å²) in [7, 11) is 0. The van der Waals surface area contributed by atoms with E-state index in [0.29, 0.717) is 38.5 Å². The lowest BCUT2D eigenvalue weighted by Crippen LogP contribution is -2.51. The van der Waals surface area contributed by atoms with Crippen molar-refractivity contribution in [3.8, 4) is 0 Å². The molecule has 1 aliphatic rings. The van der Waals surface area contributed by atoms with E-state index in [9.17, 15) is 9.59 Å². The summed E-state index contributed by atoms with van der Waals surface area (Å²) in [5, 5.41) is 2.92. The summed E-state index contributed by atoms with van der Waals surface area (Å²) >= 11 is 0.